The van der Waals surface area contributed by atoms with Crippen molar-refractivity contribution in [2.75, 3.05) is 0 Å². The third-order valence-corrected chi connectivity index (χ3v) is 6.31. The fourth-order valence-electron chi connectivity index (χ4n) is 3.52. The van der Waals surface area contributed by atoms with E-state index < -0.39 is 5.91 Å². The van der Waals surface area contributed by atoms with E-state index in [1.807, 2.05) is 31.2 Å². The Morgan fingerprint density at radius 1 is 1.06 bits per heavy atom. The quantitative estimate of drug-likeness (QED) is 0.508. The SMILES string of the molecule is Cc1ccccc1C1=NN2C(=N)C(=Cc3ccc(OCc4ccccc4F)cc3)C(=O)N=C2S1. The van der Waals surface area contributed by atoms with E-state index in [1.54, 1.807) is 48.5 Å². The summed E-state index contributed by atoms with van der Waals surface area (Å²) in [5.74, 6) is -0.249. The average molecular weight is 471 g/mol. The molecule has 5 rings (SSSR count). The second-order valence-electron chi connectivity index (χ2n) is 7.69. The van der Waals surface area contributed by atoms with Gasteiger partial charge in [-0.2, -0.15) is 15.1 Å². The van der Waals surface area contributed by atoms with Crippen molar-refractivity contribution in [3.63, 3.8) is 0 Å². The maximum absolute atomic E-state index is 13.8. The van der Waals surface area contributed by atoms with Crippen LogP contribution in [0.15, 0.2) is 88.5 Å². The summed E-state index contributed by atoms with van der Waals surface area (Å²) >= 11 is 1.28. The third kappa shape index (κ3) is 4.27. The van der Waals surface area contributed by atoms with Crippen molar-refractivity contribution in [3.8, 4) is 5.75 Å². The molecule has 0 unspecified atom stereocenters. The smallest absolute Gasteiger partial charge is 0.283 e. The number of carbonyl (C=O) groups excluding carboxylic acids is 1. The van der Waals surface area contributed by atoms with E-state index >= 15 is 0 Å². The molecule has 2 aliphatic rings. The van der Waals surface area contributed by atoms with Crippen molar-refractivity contribution in [3.05, 3.63) is 106 Å². The Morgan fingerprint density at radius 2 is 1.79 bits per heavy atom. The van der Waals surface area contributed by atoms with E-state index in [0.717, 1.165) is 11.1 Å². The lowest BCUT2D eigenvalue weighted by molar-refractivity contribution is -0.114. The van der Waals surface area contributed by atoms with Gasteiger partial charge in [-0.15, -0.1) is 0 Å². The first kappa shape index (κ1) is 21.8. The highest BCUT2D eigenvalue weighted by atomic mass is 32.2. The number of fused-ring (bicyclic) bond motifs is 1. The summed E-state index contributed by atoms with van der Waals surface area (Å²) in [6.45, 7) is 2.10. The highest BCUT2D eigenvalue weighted by Gasteiger charge is 2.36. The number of halogens is 1. The van der Waals surface area contributed by atoms with Gasteiger partial charge in [0.05, 0.1) is 5.57 Å². The summed E-state index contributed by atoms with van der Waals surface area (Å²) in [6, 6.07) is 21.3. The van der Waals surface area contributed by atoms with Crippen LogP contribution in [0.1, 0.15) is 22.3 Å². The Hall–Kier alpha value is -4.04. The van der Waals surface area contributed by atoms with Crippen LogP contribution in [0.3, 0.4) is 0 Å². The number of nitrogens with zero attached hydrogens (tertiary/aromatic N) is 3. The molecule has 0 aliphatic carbocycles. The molecule has 2 heterocycles. The van der Waals surface area contributed by atoms with Crippen LogP contribution < -0.4 is 4.74 Å². The molecule has 168 valence electrons. The van der Waals surface area contributed by atoms with E-state index in [0.29, 0.717) is 27.1 Å². The van der Waals surface area contributed by atoms with E-state index in [4.69, 9.17) is 10.1 Å². The first-order valence-corrected chi connectivity index (χ1v) is 11.3. The standard InChI is InChI=1S/C26H19FN4O2S/c1-16-6-2-4-8-20(16)25-30-31-23(28)21(24(32)29-26(31)34-25)14-17-10-12-19(13-11-17)33-15-18-7-3-5-9-22(18)27/h2-14,28H,15H2,1H3. The lowest BCUT2D eigenvalue weighted by Gasteiger charge is -2.20. The van der Waals surface area contributed by atoms with Gasteiger partial charge in [-0.05, 0) is 54.1 Å². The fourth-order valence-corrected chi connectivity index (χ4v) is 4.50. The van der Waals surface area contributed by atoms with Crippen molar-refractivity contribution in [2.45, 2.75) is 13.5 Å². The second-order valence-corrected chi connectivity index (χ2v) is 8.65. The number of hydrazone groups is 1. The molecule has 0 saturated heterocycles. The van der Waals surface area contributed by atoms with Crippen LogP contribution in [0.4, 0.5) is 4.39 Å². The van der Waals surface area contributed by atoms with Gasteiger partial charge in [0, 0.05) is 11.1 Å². The number of benzene rings is 3. The van der Waals surface area contributed by atoms with E-state index in [9.17, 15) is 9.18 Å². The molecule has 6 nitrogen and oxygen atoms in total. The number of hydrogen-bond donors (Lipinski definition) is 1. The Labute approximate surface area is 200 Å². The average Bonchev–Trinajstić information content (AvgIpc) is 3.26. The molecule has 1 N–H and O–H groups in total. The molecule has 0 atom stereocenters. The van der Waals surface area contributed by atoms with Crippen LogP contribution >= 0.6 is 11.8 Å². The summed E-state index contributed by atoms with van der Waals surface area (Å²) in [5, 5.41) is 15.6. The Kier molecular flexibility index (Phi) is 5.81. The molecule has 3 aromatic carbocycles. The number of amides is 1. The molecule has 34 heavy (non-hydrogen) atoms. The summed E-state index contributed by atoms with van der Waals surface area (Å²) in [7, 11) is 0. The van der Waals surface area contributed by atoms with Gasteiger partial charge < -0.3 is 4.74 Å². The minimum atomic E-state index is -0.482. The Balaban J connectivity index is 1.33. The second kappa shape index (κ2) is 9.07. The molecule has 0 spiro atoms. The summed E-state index contributed by atoms with van der Waals surface area (Å²) in [6.07, 6.45) is 1.61. The lowest BCUT2D eigenvalue weighted by atomic mass is 10.1. The summed E-state index contributed by atoms with van der Waals surface area (Å²) < 4.78 is 19.4. The van der Waals surface area contributed by atoms with Gasteiger partial charge in [-0.1, -0.05) is 54.6 Å². The first-order chi connectivity index (χ1) is 16.5. The van der Waals surface area contributed by atoms with Crippen LogP contribution in [0.2, 0.25) is 0 Å². The van der Waals surface area contributed by atoms with Gasteiger partial charge in [0.2, 0.25) is 5.17 Å². The normalized spacial score (nSPS) is 16.4. The van der Waals surface area contributed by atoms with E-state index in [-0.39, 0.29) is 23.8 Å². The number of ether oxygens (including phenoxy) is 1. The molecular weight excluding hydrogens is 451 g/mol. The number of thioether (sulfide) groups is 1. The minimum Gasteiger partial charge on any atom is -0.489 e. The first-order valence-electron chi connectivity index (χ1n) is 10.5. The monoisotopic (exact) mass is 470 g/mol. The van der Waals surface area contributed by atoms with Crippen molar-refractivity contribution < 1.29 is 13.9 Å². The number of aliphatic imine (C=N–C) groups is 1. The highest BCUT2D eigenvalue weighted by Crippen LogP contribution is 2.32. The maximum atomic E-state index is 13.8. The molecular formula is C26H19FN4O2S. The molecule has 0 bridgehead atoms. The zero-order valence-corrected chi connectivity index (χ0v) is 19.0. The van der Waals surface area contributed by atoms with Crippen molar-refractivity contribution in [1.29, 1.82) is 5.41 Å². The number of rotatable bonds is 5. The lowest BCUT2D eigenvalue weighted by Crippen LogP contribution is -2.35. The van der Waals surface area contributed by atoms with Crippen molar-refractivity contribution in [1.82, 2.24) is 5.01 Å². The van der Waals surface area contributed by atoms with Crippen LogP contribution in [-0.4, -0.2) is 27.0 Å². The fraction of sp³-hybridized carbons (Fsp3) is 0.0769. The maximum Gasteiger partial charge on any atom is 0.283 e. The van der Waals surface area contributed by atoms with Crippen molar-refractivity contribution in [2.24, 2.45) is 10.1 Å². The topological polar surface area (TPSA) is 78.1 Å². The summed E-state index contributed by atoms with van der Waals surface area (Å²) in [5.41, 5.74) is 3.33. The zero-order chi connectivity index (χ0) is 23.7. The molecule has 8 heteroatoms. The number of hydrogen-bond acceptors (Lipinski definition) is 5. The molecule has 0 saturated carbocycles. The van der Waals surface area contributed by atoms with E-state index in [1.165, 1.54) is 22.8 Å². The number of carbonyl (C=O) groups is 1. The van der Waals surface area contributed by atoms with Gasteiger partial charge in [-0.3, -0.25) is 10.2 Å². The van der Waals surface area contributed by atoms with Crippen LogP contribution in [0.5, 0.6) is 5.75 Å². The Morgan fingerprint density at radius 3 is 2.56 bits per heavy atom. The highest BCUT2D eigenvalue weighted by molar-refractivity contribution is 8.27. The van der Waals surface area contributed by atoms with Gasteiger partial charge in [0.25, 0.3) is 5.91 Å². The molecule has 3 aromatic rings. The Bertz CT molecular complexity index is 1400. The number of aryl methyl sites for hydroxylation is 1. The van der Waals surface area contributed by atoms with Crippen LogP contribution in [0.25, 0.3) is 6.08 Å². The van der Waals surface area contributed by atoms with Crippen LogP contribution in [0, 0.1) is 18.2 Å². The van der Waals surface area contributed by atoms with Crippen LogP contribution in [-0.2, 0) is 11.4 Å². The van der Waals surface area contributed by atoms with Gasteiger partial charge in [-0.25, -0.2) is 4.39 Å². The number of amidine groups is 2. The molecule has 0 aromatic heterocycles. The summed E-state index contributed by atoms with van der Waals surface area (Å²) in [4.78, 5) is 16.8. The molecule has 0 radical (unpaired) electrons. The number of nitrogens with one attached hydrogen (secondary N) is 1. The molecule has 1 amide bonds. The predicted octanol–water partition coefficient (Wildman–Crippen LogP) is 5.38. The molecule has 0 fully saturated rings. The predicted molar refractivity (Wildman–Crippen MR) is 132 cm³/mol. The van der Waals surface area contributed by atoms with Crippen molar-refractivity contribution >= 4 is 39.8 Å². The zero-order valence-electron chi connectivity index (χ0n) is 18.2. The third-order valence-electron chi connectivity index (χ3n) is 5.37. The minimum absolute atomic E-state index is 0.0223. The largest absolute Gasteiger partial charge is 0.489 e. The molecule has 2 aliphatic heterocycles. The van der Waals surface area contributed by atoms with Gasteiger partial charge in [0.15, 0.2) is 5.84 Å². The van der Waals surface area contributed by atoms with Gasteiger partial charge in [0.1, 0.15) is 23.2 Å². The van der Waals surface area contributed by atoms with Gasteiger partial charge >= 0.3 is 0 Å². The van der Waals surface area contributed by atoms with E-state index in [2.05, 4.69) is 10.1 Å².